The first-order valence-electron chi connectivity index (χ1n) is 5.75. The molecule has 0 N–H and O–H groups in total. The van der Waals surface area contributed by atoms with E-state index in [0.29, 0.717) is 13.2 Å². The second-order valence-corrected chi connectivity index (χ2v) is 5.55. The first-order chi connectivity index (χ1) is 7.58. The molecule has 2 nitrogen and oxygen atoms in total. The summed E-state index contributed by atoms with van der Waals surface area (Å²) in [6.07, 6.45) is 3.04. The van der Waals surface area contributed by atoms with Crippen LogP contribution in [0.25, 0.3) is 0 Å². The average Bonchev–Trinajstić information content (AvgIpc) is 2.27. The van der Waals surface area contributed by atoms with Crippen LogP contribution in [-0.2, 0) is 9.47 Å². The number of ether oxygens (including phenoxy) is 2. The van der Waals surface area contributed by atoms with E-state index in [2.05, 4.69) is 45.7 Å². The van der Waals surface area contributed by atoms with Gasteiger partial charge >= 0.3 is 0 Å². The van der Waals surface area contributed by atoms with Crippen molar-refractivity contribution in [1.82, 2.24) is 0 Å². The van der Waals surface area contributed by atoms with Gasteiger partial charge in [-0.3, -0.25) is 0 Å². The van der Waals surface area contributed by atoms with E-state index in [4.69, 9.17) is 9.47 Å². The highest BCUT2D eigenvalue weighted by molar-refractivity contribution is 9.12. The van der Waals surface area contributed by atoms with E-state index in [1.54, 1.807) is 0 Å². The number of rotatable bonds is 10. The van der Waals surface area contributed by atoms with Crippen LogP contribution in [0.4, 0.5) is 4.39 Å². The SMILES string of the molecule is CCCCOC(OCCCC)C(F)(Br)CBr. The van der Waals surface area contributed by atoms with Crippen LogP contribution >= 0.6 is 31.9 Å². The third-order valence-electron chi connectivity index (χ3n) is 2.06. The molecule has 1 unspecified atom stereocenters. The summed E-state index contributed by atoms with van der Waals surface area (Å²) in [5.74, 6) is 0. The molecule has 5 heteroatoms. The Hall–Kier alpha value is 0.810. The minimum atomic E-state index is -1.66. The summed E-state index contributed by atoms with van der Waals surface area (Å²) in [6, 6.07) is 0. The fourth-order valence-electron chi connectivity index (χ4n) is 1.02. The van der Waals surface area contributed by atoms with Crippen molar-refractivity contribution < 1.29 is 13.9 Å². The Morgan fingerprint density at radius 1 is 1.12 bits per heavy atom. The van der Waals surface area contributed by atoms with Gasteiger partial charge in [-0.15, -0.1) is 0 Å². The summed E-state index contributed by atoms with van der Waals surface area (Å²) < 4.78 is 23.1. The number of hydrogen-bond acceptors (Lipinski definition) is 2. The summed E-state index contributed by atoms with van der Waals surface area (Å²) in [5, 5.41) is 0.142. The lowest BCUT2D eigenvalue weighted by Gasteiger charge is -2.27. The molecular weight excluding hydrogens is 343 g/mol. The minimum Gasteiger partial charge on any atom is -0.349 e. The molecule has 0 aromatic carbocycles. The van der Waals surface area contributed by atoms with Gasteiger partial charge in [-0.25, -0.2) is 4.39 Å². The van der Waals surface area contributed by atoms with E-state index in [1.807, 2.05) is 0 Å². The number of unbranched alkanes of at least 4 members (excludes halogenated alkanes) is 2. The Morgan fingerprint density at radius 2 is 1.56 bits per heavy atom. The molecule has 0 spiro atoms. The Kier molecular flexibility index (Phi) is 10.3. The average molecular weight is 364 g/mol. The van der Waals surface area contributed by atoms with Crippen LogP contribution in [0.15, 0.2) is 0 Å². The molecule has 0 aliphatic heterocycles. The van der Waals surface area contributed by atoms with Gasteiger partial charge in [0.25, 0.3) is 0 Å². The number of alkyl halides is 3. The highest BCUT2D eigenvalue weighted by Gasteiger charge is 2.37. The van der Waals surface area contributed by atoms with E-state index < -0.39 is 10.9 Å². The summed E-state index contributed by atoms with van der Waals surface area (Å²) in [5.41, 5.74) is 0. The quantitative estimate of drug-likeness (QED) is 0.325. The van der Waals surface area contributed by atoms with E-state index in [0.717, 1.165) is 25.7 Å². The van der Waals surface area contributed by atoms with Crippen LogP contribution in [-0.4, -0.2) is 29.4 Å². The predicted molar refractivity (Wildman–Crippen MR) is 72.1 cm³/mol. The van der Waals surface area contributed by atoms with Gasteiger partial charge in [-0.2, -0.15) is 0 Å². The van der Waals surface area contributed by atoms with Crippen molar-refractivity contribution in [3.63, 3.8) is 0 Å². The van der Waals surface area contributed by atoms with Crippen molar-refractivity contribution in [3.8, 4) is 0 Å². The molecule has 1 atom stereocenters. The molecule has 0 saturated heterocycles. The monoisotopic (exact) mass is 362 g/mol. The van der Waals surface area contributed by atoms with Gasteiger partial charge in [0.05, 0.1) is 5.33 Å². The van der Waals surface area contributed by atoms with Gasteiger partial charge in [0.15, 0.2) is 0 Å². The fourth-order valence-corrected chi connectivity index (χ4v) is 1.55. The molecule has 0 amide bonds. The van der Waals surface area contributed by atoms with Crippen molar-refractivity contribution in [2.24, 2.45) is 0 Å². The second-order valence-electron chi connectivity index (χ2n) is 3.68. The molecule has 0 aromatic rings. The Labute approximate surface area is 115 Å². The normalized spacial score (nSPS) is 15.4. The molecule has 0 saturated carbocycles. The fraction of sp³-hybridized carbons (Fsp3) is 1.00. The zero-order valence-corrected chi connectivity index (χ0v) is 13.1. The molecule has 0 aliphatic carbocycles. The topological polar surface area (TPSA) is 18.5 Å². The zero-order valence-electron chi connectivity index (χ0n) is 9.98. The van der Waals surface area contributed by atoms with Crippen LogP contribution in [0.2, 0.25) is 0 Å². The standard InChI is InChI=1S/C11H21Br2FO2/c1-3-5-7-15-10(11(13,14)9-12)16-8-6-4-2/h10H,3-9H2,1-2H3. The van der Waals surface area contributed by atoms with Crippen LogP contribution in [0.1, 0.15) is 39.5 Å². The van der Waals surface area contributed by atoms with Gasteiger partial charge in [0, 0.05) is 13.2 Å². The summed E-state index contributed by atoms with van der Waals surface area (Å²) >= 11 is 6.10. The third-order valence-corrected chi connectivity index (χ3v) is 4.28. The molecule has 0 bridgehead atoms. The van der Waals surface area contributed by atoms with Crippen LogP contribution < -0.4 is 0 Å². The number of hydrogen-bond donors (Lipinski definition) is 0. The lowest BCUT2D eigenvalue weighted by Crippen LogP contribution is -2.38. The van der Waals surface area contributed by atoms with E-state index in [9.17, 15) is 4.39 Å². The van der Waals surface area contributed by atoms with E-state index >= 15 is 0 Å². The Morgan fingerprint density at radius 3 is 1.88 bits per heavy atom. The maximum absolute atomic E-state index is 14.0. The van der Waals surface area contributed by atoms with Crippen molar-refractivity contribution >= 4 is 31.9 Å². The Bertz CT molecular complexity index is 158. The van der Waals surface area contributed by atoms with Gasteiger partial charge in [0.1, 0.15) is 0 Å². The van der Waals surface area contributed by atoms with Gasteiger partial charge in [-0.05, 0) is 28.8 Å². The highest BCUT2D eigenvalue weighted by atomic mass is 79.9. The van der Waals surface area contributed by atoms with Gasteiger partial charge in [-0.1, -0.05) is 42.6 Å². The van der Waals surface area contributed by atoms with Crippen LogP contribution in [0, 0.1) is 0 Å². The highest BCUT2D eigenvalue weighted by Crippen LogP contribution is 2.30. The molecular formula is C11H21Br2FO2. The van der Waals surface area contributed by atoms with Gasteiger partial charge < -0.3 is 9.47 Å². The third kappa shape index (κ3) is 7.20. The summed E-state index contributed by atoms with van der Waals surface area (Å²) in [6.45, 7) is 5.18. The van der Waals surface area contributed by atoms with Crippen molar-refractivity contribution in [1.29, 1.82) is 0 Å². The van der Waals surface area contributed by atoms with Crippen molar-refractivity contribution in [2.75, 3.05) is 18.5 Å². The van der Waals surface area contributed by atoms with E-state index in [-0.39, 0.29) is 5.33 Å². The molecule has 0 fully saturated rings. The molecule has 0 rings (SSSR count). The van der Waals surface area contributed by atoms with Crippen molar-refractivity contribution in [2.45, 2.75) is 50.4 Å². The van der Waals surface area contributed by atoms with Crippen molar-refractivity contribution in [3.05, 3.63) is 0 Å². The molecule has 98 valence electrons. The maximum atomic E-state index is 14.0. The van der Waals surface area contributed by atoms with Gasteiger partial charge in [0.2, 0.25) is 10.9 Å². The van der Waals surface area contributed by atoms with E-state index in [1.165, 1.54) is 0 Å². The minimum absolute atomic E-state index is 0.142. The largest absolute Gasteiger partial charge is 0.349 e. The molecule has 0 aromatic heterocycles. The lowest BCUT2D eigenvalue weighted by atomic mass is 10.3. The second kappa shape index (κ2) is 9.80. The zero-order chi connectivity index (χ0) is 12.4. The van der Waals surface area contributed by atoms with Crippen LogP contribution in [0.3, 0.4) is 0 Å². The summed E-state index contributed by atoms with van der Waals surface area (Å²) in [7, 11) is 0. The lowest BCUT2D eigenvalue weighted by molar-refractivity contribution is -0.180. The first-order valence-corrected chi connectivity index (χ1v) is 7.66. The maximum Gasteiger partial charge on any atom is 0.224 e. The smallest absolute Gasteiger partial charge is 0.224 e. The molecule has 0 heterocycles. The van der Waals surface area contributed by atoms with Crippen LogP contribution in [0.5, 0.6) is 0 Å². The Balaban J connectivity index is 4.05. The number of halogens is 3. The molecule has 0 radical (unpaired) electrons. The summed E-state index contributed by atoms with van der Waals surface area (Å²) in [4.78, 5) is 0. The first kappa shape index (κ1) is 16.8. The molecule has 0 aliphatic rings. The predicted octanol–water partition coefficient (Wildman–Crippen LogP) is 4.40. The molecule has 16 heavy (non-hydrogen) atoms.